The zero-order chi connectivity index (χ0) is 21.3. The van der Waals surface area contributed by atoms with Gasteiger partial charge in [-0.15, -0.1) is 0 Å². The lowest BCUT2D eigenvalue weighted by Crippen LogP contribution is -2.46. The lowest BCUT2D eigenvalue weighted by atomic mass is 9.77. The van der Waals surface area contributed by atoms with E-state index in [1.54, 1.807) is 24.3 Å². The summed E-state index contributed by atoms with van der Waals surface area (Å²) >= 11 is 0. The van der Waals surface area contributed by atoms with Gasteiger partial charge in [-0.1, -0.05) is 55.7 Å². The van der Waals surface area contributed by atoms with Gasteiger partial charge in [0.1, 0.15) is 6.04 Å². The number of hydrogen-bond donors (Lipinski definition) is 1. The van der Waals surface area contributed by atoms with Crippen molar-refractivity contribution in [3.63, 3.8) is 0 Å². The fourth-order valence-corrected chi connectivity index (χ4v) is 5.65. The number of benzene rings is 2. The largest absolute Gasteiger partial charge is 0.518 e. The van der Waals surface area contributed by atoms with E-state index in [2.05, 4.69) is 4.98 Å². The number of sulfonamides is 1. The zero-order valence-electron chi connectivity index (χ0n) is 17.2. The van der Waals surface area contributed by atoms with Gasteiger partial charge in [0.25, 0.3) is 0 Å². The van der Waals surface area contributed by atoms with Gasteiger partial charge in [0, 0.05) is 23.5 Å². The highest BCUT2D eigenvalue weighted by molar-refractivity contribution is 7.90. The maximum absolute atomic E-state index is 13.6. The number of carbonyl (C=O) groups excluding carboxylic acids is 1. The molecule has 8 heteroatoms. The second-order valence-corrected chi connectivity index (χ2v) is 9.60. The molecule has 3 aromatic rings. The van der Waals surface area contributed by atoms with E-state index in [4.69, 9.17) is 4.65 Å². The van der Waals surface area contributed by atoms with Crippen LogP contribution in [0.5, 0.6) is 0 Å². The van der Waals surface area contributed by atoms with Crippen LogP contribution in [0.15, 0.2) is 59.6 Å². The Morgan fingerprint density at radius 1 is 1.13 bits per heavy atom. The first-order valence-corrected chi connectivity index (χ1v) is 11.7. The molecule has 0 radical (unpaired) electrons. The number of fused-ring (bicyclic) bond motifs is 1. The number of aryl methyl sites for hydroxylation is 1. The number of nitrogens with zero attached hydrogens (tertiary/aromatic N) is 1. The molecule has 2 aromatic carbocycles. The van der Waals surface area contributed by atoms with Crippen molar-refractivity contribution in [2.45, 2.75) is 50.4 Å². The summed E-state index contributed by atoms with van der Waals surface area (Å²) in [7, 11) is -4.68. The number of para-hydroxylation sites is 1. The maximum Gasteiger partial charge on any atom is 0.466 e. The van der Waals surface area contributed by atoms with E-state index < -0.39 is 29.1 Å². The van der Waals surface area contributed by atoms with Crippen molar-refractivity contribution in [3.05, 3.63) is 65.9 Å². The molecule has 0 saturated carbocycles. The molecule has 30 heavy (non-hydrogen) atoms. The third kappa shape index (κ3) is 3.77. The molecular formula is C22H25BN2O4S. The van der Waals surface area contributed by atoms with Crippen LogP contribution in [-0.2, 0) is 25.9 Å². The number of unbranched alkanes of at least 4 members (excludes halogenated alkanes) is 1. The Labute approximate surface area is 177 Å². The highest BCUT2D eigenvalue weighted by Gasteiger charge is 2.52. The highest BCUT2D eigenvalue weighted by atomic mass is 32.2. The van der Waals surface area contributed by atoms with E-state index in [1.165, 1.54) is 4.22 Å². The summed E-state index contributed by atoms with van der Waals surface area (Å²) in [6.07, 6.45) is 4.25. The Morgan fingerprint density at radius 3 is 2.60 bits per heavy atom. The monoisotopic (exact) mass is 424 g/mol. The van der Waals surface area contributed by atoms with E-state index in [0.717, 1.165) is 34.9 Å². The van der Waals surface area contributed by atoms with Gasteiger partial charge in [-0.2, -0.15) is 4.22 Å². The number of H-pyrrole nitrogens is 1. The van der Waals surface area contributed by atoms with Crippen LogP contribution in [0.4, 0.5) is 0 Å². The van der Waals surface area contributed by atoms with E-state index in [1.807, 2.05) is 44.3 Å². The first-order chi connectivity index (χ1) is 14.4. The molecule has 156 valence electrons. The molecule has 1 saturated heterocycles. The fraction of sp³-hybridized carbons (Fsp3) is 0.318. The molecule has 1 N–H and O–H groups in total. The highest BCUT2D eigenvalue weighted by Crippen LogP contribution is 2.31. The third-order valence-electron chi connectivity index (χ3n) is 5.60. The minimum absolute atomic E-state index is 0.178. The van der Waals surface area contributed by atoms with Crippen LogP contribution in [0, 0.1) is 6.92 Å². The van der Waals surface area contributed by atoms with Gasteiger partial charge in [0.2, 0.25) is 10.0 Å². The van der Waals surface area contributed by atoms with Crippen molar-refractivity contribution in [2.75, 3.05) is 0 Å². The molecule has 0 unspecified atom stereocenters. The molecule has 0 spiro atoms. The number of rotatable bonds is 7. The predicted molar refractivity (Wildman–Crippen MR) is 118 cm³/mol. The fourth-order valence-electron chi connectivity index (χ4n) is 3.97. The average molecular weight is 424 g/mol. The first-order valence-electron chi connectivity index (χ1n) is 10.3. The van der Waals surface area contributed by atoms with Crippen LogP contribution < -0.4 is 0 Å². The second kappa shape index (κ2) is 8.28. The van der Waals surface area contributed by atoms with Crippen LogP contribution in [0.2, 0.25) is 6.32 Å². The standard InChI is InChI=1S/C22H25BN2O4S/c1-3-4-13-23-25(30(27,28)18-11-9-16(2)10-12-18)21(22(26)29-23)14-17-15-24-20-8-6-5-7-19(17)20/h5-12,15,21,24H,3-4,13-14H2,1-2H3/t21-/m1/s1. The van der Waals surface area contributed by atoms with E-state index in [0.29, 0.717) is 6.32 Å². The molecule has 1 aliphatic heterocycles. The normalized spacial score (nSPS) is 17.6. The van der Waals surface area contributed by atoms with Crippen LogP contribution in [0.1, 0.15) is 30.9 Å². The molecule has 1 aromatic heterocycles. The molecule has 0 aliphatic carbocycles. The molecular weight excluding hydrogens is 399 g/mol. The van der Waals surface area contributed by atoms with E-state index >= 15 is 0 Å². The number of hydrogen-bond acceptors (Lipinski definition) is 4. The quantitative estimate of drug-likeness (QED) is 0.583. The second-order valence-electron chi connectivity index (χ2n) is 7.76. The Kier molecular flexibility index (Phi) is 5.71. The first kappa shape index (κ1) is 20.7. The summed E-state index contributed by atoms with van der Waals surface area (Å²) in [5.74, 6) is -0.489. The minimum Gasteiger partial charge on any atom is -0.518 e. The predicted octanol–water partition coefficient (Wildman–Crippen LogP) is 3.92. The number of carbonyl (C=O) groups is 1. The van der Waals surface area contributed by atoms with Gasteiger partial charge >= 0.3 is 13.0 Å². The molecule has 0 bridgehead atoms. The van der Waals surface area contributed by atoms with E-state index in [-0.39, 0.29) is 11.3 Å². The lowest BCUT2D eigenvalue weighted by molar-refractivity contribution is -0.134. The number of aromatic amines is 1. The summed E-state index contributed by atoms with van der Waals surface area (Å²) in [5.41, 5.74) is 2.82. The smallest absolute Gasteiger partial charge is 0.466 e. The molecule has 1 aliphatic rings. The van der Waals surface area contributed by atoms with E-state index in [9.17, 15) is 13.2 Å². The molecule has 2 heterocycles. The molecule has 0 amide bonds. The van der Waals surface area contributed by atoms with Crippen molar-refractivity contribution >= 4 is 33.9 Å². The van der Waals surface area contributed by atoms with Gasteiger partial charge < -0.3 is 9.64 Å². The van der Waals surface area contributed by atoms with Crippen molar-refractivity contribution in [3.8, 4) is 0 Å². The van der Waals surface area contributed by atoms with Crippen molar-refractivity contribution in [1.29, 1.82) is 0 Å². The van der Waals surface area contributed by atoms with Crippen LogP contribution in [0.25, 0.3) is 10.9 Å². The molecule has 1 atom stereocenters. The van der Waals surface area contributed by atoms with Crippen LogP contribution in [0.3, 0.4) is 0 Å². The van der Waals surface area contributed by atoms with Gasteiger partial charge in [0.05, 0.1) is 4.90 Å². The topological polar surface area (TPSA) is 79.5 Å². The van der Waals surface area contributed by atoms with Gasteiger partial charge in [-0.25, -0.2) is 8.42 Å². The summed E-state index contributed by atoms with van der Waals surface area (Å²) in [6.45, 7) is 3.93. The Hall–Kier alpha value is -2.58. The van der Waals surface area contributed by atoms with Crippen molar-refractivity contribution in [1.82, 2.24) is 9.20 Å². The Bertz CT molecular complexity index is 1160. The summed E-state index contributed by atoms with van der Waals surface area (Å²) in [4.78, 5) is 16.2. The maximum atomic E-state index is 13.6. The van der Waals surface area contributed by atoms with Gasteiger partial charge in [-0.05, 0) is 37.0 Å². The molecule has 1 fully saturated rings. The summed E-state index contributed by atoms with van der Waals surface area (Å²) in [6, 6.07) is 13.6. The zero-order valence-corrected chi connectivity index (χ0v) is 18.0. The Morgan fingerprint density at radius 2 is 1.87 bits per heavy atom. The Balaban J connectivity index is 1.73. The minimum atomic E-state index is -3.90. The molecule has 6 nitrogen and oxygen atoms in total. The van der Waals surface area contributed by atoms with Crippen molar-refractivity contribution < 1.29 is 17.9 Å². The summed E-state index contributed by atoms with van der Waals surface area (Å²) < 4.78 is 34.0. The SMILES string of the molecule is CCCCB1OC(=O)[C@@H](Cc2c[nH]c3ccccc23)N1S(=O)(=O)c1ccc(C)cc1. The van der Waals surface area contributed by atoms with Crippen LogP contribution in [-0.4, -0.2) is 36.7 Å². The van der Waals surface area contributed by atoms with Gasteiger partial charge in [0.15, 0.2) is 0 Å². The summed E-state index contributed by atoms with van der Waals surface area (Å²) in [5, 5.41) is 0.981. The third-order valence-corrected chi connectivity index (χ3v) is 7.52. The average Bonchev–Trinajstić information content (AvgIpc) is 3.28. The number of nitrogens with one attached hydrogen (secondary N) is 1. The lowest BCUT2D eigenvalue weighted by Gasteiger charge is -2.23. The van der Waals surface area contributed by atoms with Gasteiger partial charge in [-0.3, -0.25) is 4.79 Å². The van der Waals surface area contributed by atoms with Crippen molar-refractivity contribution in [2.24, 2.45) is 0 Å². The van der Waals surface area contributed by atoms with Crippen LogP contribution >= 0.6 is 0 Å². The molecule has 4 rings (SSSR count). The number of aromatic nitrogens is 1.